The summed E-state index contributed by atoms with van der Waals surface area (Å²) in [5, 5.41) is 13.8. The summed E-state index contributed by atoms with van der Waals surface area (Å²) in [6.45, 7) is 4.91. The fourth-order valence-electron chi connectivity index (χ4n) is 5.81. The van der Waals surface area contributed by atoms with Crippen molar-refractivity contribution < 1.29 is 4.79 Å². The lowest BCUT2D eigenvalue weighted by Crippen LogP contribution is -2.47. The second-order valence-corrected chi connectivity index (χ2v) is 9.91. The fourth-order valence-corrected chi connectivity index (χ4v) is 5.81. The highest BCUT2D eigenvalue weighted by Gasteiger charge is 2.51. The fraction of sp³-hybridized carbons (Fsp3) is 0.393. The molecule has 2 aliphatic heterocycles. The summed E-state index contributed by atoms with van der Waals surface area (Å²) >= 11 is 0. The van der Waals surface area contributed by atoms with Crippen LogP contribution < -0.4 is 0 Å². The van der Waals surface area contributed by atoms with Crippen LogP contribution >= 0.6 is 0 Å². The number of aryl methyl sites for hydroxylation is 1. The molecule has 3 aliphatic rings. The van der Waals surface area contributed by atoms with E-state index in [0.717, 1.165) is 55.1 Å². The van der Waals surface area contributed by atoms with Gasteiger partial charge in [0.25, 0.3) is 5.91 Å². The molecule has 6 rings (SSSR count). The number of aromatic nitrogens is 2. The SMILES string of the molecule is Cc1nn(-c2ccccc2)c2c1C(C1CC1)N(C1CCN(Cc3ccc(C#N)cc3)CC1)C2=O. The van der Waals surface area contributed by atoms with Crippen molar-refractivity contribution in [1.29, 1.82) is 5.26 Å². The number of likely N-dealkylation sites (tertiary alicyclic amines) is 1. The Bertz CT molecular complexity index is 1240. The molecule has 0 radical (unpaired) electrons. The molecule has 1 amide bonds. The summed E-state index contributed by atoms with van der Waals surface area (Å²) in [7, 11) is 0. The molecule has 1 atom stereocenters. The number of nitriles is 1. The van der Waals surface area contributed by atoms with Crippen LogP contribution in [0.4, 0.5) is 0 Å². The molecule has 2 fully saturated rings. The number of nitrogens with zero attached hydrogens (tertiary/aromatic N) is 5. The highest BCUT2D eigenvalue weighted by Crippen LogP contribution is 2.52. The minimum Gasteiger partial charge on any atom is -0.327 e. The predicted molar refractivity (Wildman–Crippen MR) is 129 cm³/mol. The van der Waals surface area contributed by atoms with Crippen LogP contribution in [0.15, 0.2) is 54.6 Å². The number of benzene rings is 2. The molecule has 6 nitrogen and oxygen atoms in total. The van der Waals surface area contributed by atoms with Crippen LogP contribution in [0.1, 0.15) is 64.6 Å². The maximum absolute atomic E-state index is 13.9. The van der Waals surface area contributed by atoms with Crippen molar-refractivity contribution in [3.63, 3.8) is 0 Å². The van der Waals surface area contributed by atoms with Crippen molar-refractivity contribution in [1.82, 2.24) is 19.6 Å². The molecular formula is C28H29N5O. The molecule has 2 aromatic carbocycles. The van der Waals surface area contributed by atoms with Crippen molar-refractivity contribution in [2.24, 2.45) is 5.92 Å². The monoisotopic (exact) mass is 451 g/mol. The largest absolute Gasteiger partial charge is 0.327 e. The van der Waals surface area contributed by atoms with Gasteiger partial charge in [-0.2, -0.15) is 10.4 Å². The Morgan fingerprint density at radius 3 is 2.35 bits per heavy atom. The van der Waals surface area contributed by atoms with Gasteiger partial charge in [0.1, 0.15) is 5.69 Å². The number of fused-ring (bicyclic) bond motifs is 1. The Morgan fingerprint density at radius 1 is 1.00 bits per heavy atom. The van der Waals surface area contributed by atoms with Gasteiger partial charge in [-0.05, 0) is 68.4 Å². The van der Waals surface area contributed by atoms with E-state index in [1.165, 1.54) is 18.4 Å². The third-order valence-electron chi connectivity index (χ3n) is 7.65. The summed E-state index contributed by atoms with van der Waals surface area (Å²) < 4.78 is 1.88. The first-order valence-electron chi connectivity index (χ1n) is 12.3. The average molecular weight is 452 g/mol. The zero-order valence-corrected chi connectivity index (χ0v) is 19.5. The molecule has 3 heterocycles. The van der Waals surface area contributed by atoms with E-state index in [9.17, 15) is 4.79 Å². The first-order chi connectivity index (χ1) is 16.6. The van der Waals surface area contributed by atoms with E-state index in [1.807, 2.05) is 59.3 Å². The zero-order chi connectivity index (χ0) is 23.2. The van der Waals surface area contributed by atoms with Gasteiger partial charge in [-0.3, -0.25) is 9.69 Å². The van der Waals surface area contributed by atoms with Crippen molar-refractivity contribution in [3.8, 4) is 11.8 Å². The number of para-hydroxylation sites is 1. The Morgan fingerprint density at radius 2 is 1.71 bits per heavy atom. The van der Waals surface area contributed by atoms with Gasteiger partial charge in [-0.25, -0.2) is 4.68 Å². The maximum atomic E-state index is 13.9. The quantitative estimate of drug-likeness (QED) is 0.568. The van der Waals surface area contributed by atoms with Crippen LogP contribution in [-0.4, -0.2) is 44.6 Å². The Labute approximate surface area is 200 Å². The predicted octanol–water partition coefficient (Wildman–Crippen LogP) is 4.62. The van der Waals surface area contributed by atoms with Crippen molar-refractivity contribution >= 4 is 5.91 Å². The van der Waals surface area contributed by atoms with Crippen LogP contribution in [0.25, 0.3) is 5.69 Å². The number of carbonyl (C=O) groups is 1. The van der Waals surface area contributed by atoms with E-state index in [4.69, 9.17) is 10.4 Å². The highest BCUT2D eigenvalue weighted by atomic mass is 16.2. The number of hydrogen-bond acceptors (Lipinski definition) is 4. The molecule has 3 aromatic rings. The normalized spacial score (nSPS) is 21.0. The summed E-state index contributed by atoms with van der Waals surface area (Å²) in [6.07, 6.45) is 4.38. The Kier molecular flexibility index (Phi) is 5.23. The van der Waals surface area contributed by atoms with Crippen LogP contribution in [-0.2, 0) is 6.54 Å². The van der Waals surface area contributed by atoms with E-state index >= 15 is 0 Å². The van der Waals surface area contributed by atoms with Gasteiger partial charge in [0.15, 0.2) is 0 Å². The molecule has 1 aromatic heterocycles. The Balaban J connectivity index is 1.22. The molecule has 0 N–H and O–H groups in total. The first-order valence-corrected chi connectivity index (χ1v) is 12.3. The molecule has 34 heavy (non-hydrogen) atoms. The second-order valence-electron chi connectivity index (χ2n) is 9.91. The standard InChI is InChI=1S/C28H29N5O/c1-19-25-26(22-11-12-22)32(28(34)27(25)33(30-19)24-5-3-2-4-6-24)23-13-15-31(16-14-23)18-21-9-7-20(17-29)8-10-21/h2-10,22-23,26H,11-16,18H2,1H3. The lowest BCUT2D eigenvalue weighted by Gasteiger charge is -2.40. The first kappa shape index (κ1) is 21.1. The van der Waals surface area contributed by atoms with Crippen LogP contribution in [0.3, 0.4) is 0 Å². The molecule has 172 valence electrons. The molecule has 1 saturated heterocycles. The third kappa shape index (κ3) is 3.61. The minimum atomic E-state index is 0.155. The smallest absolute Gasteiger partial charge is 0.273 e. The van der Waals surface area contributed by atoms with Crippen molar-refractivity contribution in [2.75, 3.05) is 13.1 Å². The maximum Gasteiger partial charge on any atom is 0.273 e. The van der Waals surface area contributed by atoms with E-state index in [1.54, 1.807) is 0 Å². The van der Waals surface area contributed by atoms with E-state index < -0.39 is 0 Å². The van der Waals surface area contributed by atoms with Gasteiger partial charge in [0.2, 0.25) is 0 Å². The molecule has 0 bridgehead atoms. The minimum absolute atomic E-state index is 0.155. The molecule has 1 aliphatic carbocycles. The average Bonchev–Trinajstić information content (AvgIpc) is 3.59. The number of piperidine rings is 1. The van der Waals surface area contributed by atoms with Crippen LogP contribution in [0.5, 0.6) is 0 Å². The van der Waals surface area contributed by atoms with Gasteiger partial charge < -0.3 is 4.90 Å². The molecule has 1 unspecified atom stereocenters. The number of carbonyl (C=O) groups excluding carboxylic acids is 1. The van der Waals surface area contributed by atoms with E-state index in [-0.39, 0.29) is 18.0 Å². The summed E-state index contributed by atoms with van der Waals surface area (Å²) in [5.74, 6) is 0.718. The van der Waals surface area contributed by atoms with E-state index in [0.29, 0.717) is 11.5 Å². The van der Waals surface area contributed by atoms with Gasteiger partial charge in [0.05, 0.1) is 29.1 Å². The third-order valence-corrected chi connectivity index (χ3v) is 7.65. The zero-order valence-electron chi connectivity index (χ0n) is 19.5. The highest BCUT2D eigenvalue weighted by molar-refractivity contribution is 5.99. The summed E-state index contributed by atoms with van der Waals surface area (Å²) in [6, 6.07) is 20.5. The number of rotatable bonds is 5. The van der Waals surface area contributed by atoms with Crippen LogP contribution in [0.2, 0.25) is 0 Å². The van der Waals surface area contributed by atoms with Gasteiger partial charge in [-0.1, -0.05) is 30.3 Å². The van der Waals surface area contributed by atoms with Crippen molar-refractivity contribution in [3.05, 3.63) is 82.7 Å². The van der Waals surface area contributed by atoms with Crippen molar-refractivity contribution in [2.45, 2.75) is 51.2 Å². The van der Waals surface area contributed by atoms with E-state index in [2.05, 4.69) is 22.8 Å². The lowest BCUT2D eigenvalue weighted by molar-refractivity contribution is 0.0448. The molecule has 1 saturated carbocycles. The molecular weight excluding hydrogens is 422 g/mol. The molecule has 6 heteroatoms. The summed E-state index contributed by atoms with van der Waals surface area (Å²) in [4.78, 5) is 18.6. The Hall–Kier alpha value is -3.43. The number of amides is 1. The van der Waals surface area contributed by atoms with Gasteiger partial charge in [0, 0.05) is 31.2 Å². The van der Waals surface area contributed by atoms with Gasteiger partial charge >= 0.3 is 0 Å². The number of hydrogen-bond donors (Lipinski definition) is 0. The second kappa shape index (κ2) is 8.41. The lowest BCUT2D eigenvalue weighted by atomic mass is 9.98. The van der Waals surface area contributed by atoms with Crippen LogP contribution in [0, 0.1) is 24.2 Å². The topological polar surface area (TPSA) is 65.2 Å². The molecule has 0 spiro atoms. The van der Waals surface area contributed by atoms with Gasteiger partial charge in [-0.15, -0.1) is 0 Å². The summed E-state index contributed by atoms with van der Waals surface area (Å²) in [5.41, 5.74) is 5.82.